The molecule has 3 unspecified atom stereocenters. The summed E-state index contributed by atoms with van der Waals surface area (Å²) in [6.07, 6.45) is 16.1. The highest BCUT2D eigenvalue weighted by Gasteiger charge is 2.67. The summed E-state index contributed by atoms with van der Waals surface area (Å²) in [5.74, 6) is 3.82. The standard InChI is InChI=1S/C26H46O/c1-19-11-14-26(5)22-12-13-24(3)20(8-7-17-27-6)9-10-21(24)25(22,4)16-15-23(26,2)18-19/h19-22H,7-18H2,1-6H3/t19-,20?,21?,22?,23+,24+,25-,26+/m0/s1. The number of ether oxygens (including phenoxy) is 1. The van der Waals surface area contributed by atoms with E-state index >= 15 is 0 Å². The van der Waals surface area contributed by atoms with Crippen LogP contribution in [0.4, 0.5) is 0 Å². The molecule has 1 heteroatoms. The van der Waals surface area contributed by atoms with Crippen molar-refractivity contribution in [2.45, 2.75) is 105 Å². The first kappa shape index (κ1) is 20.2. The minimum Gasteiger partial charge on any atom is -0.385 e. The molecule has 0 N–H and O–H groups in total. The average molecular weight is 375 g/mol. The van der Waals surface area contributed by atoms with Crippen molar-refractivity contribution in [3.8, 4) is 0 Å². The molecule has 4 fully saturated rings. The fourth-order valence-electron chi connectivity index (χ4n) is 9.62. The van der Waals surface area contributed by atoms with Crippen LogP contribution in [-0.2, 0) is 4.74 Å². The molecule has 0 bridgehead atoms. The first-order valence-corrected chi connectivity index (χ1v) is 12.2. The highest BCUT2D eigenvalue weighted by molar-refractivity contribution is 5.16. The summed E-state index contributed by atoms with van der Waals surface area (Å²) >= 11 is 0. The molecule has 156 valence electrons. The van der Waals surface area contributed by atoms with Crippen molar-refractivity contribution >= 4 is 0 Å². The van der Waals surface area contributed by atoms with Gasteiger partial charge in [0.2, 0.25) is 0 Å². The maximum atomic E-state index is 5.37. The fourth-order valence-corrected chi connectivity index (χ4v) is 9.62. The molecular weight excluding hydrogens is 328 g/mol. The number of rotatable bonds is 4. The fraction of sp³-hybridized carbons (Fsp3) is 1.00. The molecule has 4 aliphatic carbocycles. The quantitative estimate of drug-likeness (QED) is 0.463. The Morgan fingerprint density at radius 2 is 1.59 bits per heavy atom. The summed E-state index contributed by atoms with van der Waals surface area (Å²) in [5.41, 5.74) is 2.38. The smallest absolute Gasteiger partial charge is 0.0462 e. The number of hydrogen-bond acceptors (Lipinski definition) is 1. The highest BCUT2D eigenvalue weighted by atomic mass is 16.5. The molecular formula is C26H46O. The number of hydrogen-bond donors (Lipinski definition) is 0. The van der Waals surface area contributed by atoms with Gasteiger partial charge in [-0.05, 0) is 110 Å². The van der Waals surface area contributed by atoms with Crippen LogP contribution in [0, 0.1) is 45.3 Å². The first-order valence-electron chi connectivity index (χ1n) is 12.2. The molecule has 0 saturated heterocycles. The molecule has 27 heavy (non-hydrogen) atoms. The molecule has 1 nitrogen and oxygen atoms in total. The Hall–Kier alpha value is -0.0400. The average Bonchev–Trinajstić information content (AvgIpc) is 2.95. The molecule has 8 atom stereocenters. The van der Waals surface area contributed by atoms with Crippen LogP contribution in [0.5, 0.6) is 0 Å². The molecule has 4 saturated carbocycles. The summed E-state index contributed by atoms with van der Waals surface area (Å²) < 4.78 is 5.37. The first-order chi connectivity index (χ1) is 12.7. The SMILES string of the molecule is COCCCC1CCC2[C@]3(C)CC[C@]4(C)C[C@@H](C)CC[C@]4(C)C3CC[C@]12C. The summed E-state index contributed by atoms with van der Waals surface area (Å²) in [6, 6.07) is 0. The zero-order chi connectivity index (χ0) is 19.5. The largest absolute Gasteiger partial charge is 0.385 e. The van der Waals surface area contributed by atoms with Gasteiger partial charge in [-0.3, -0.25) is 0 Å². The molecule has 0 spiro atoms. The van der Waals surface area contributed by atoms with Crippen LogP contribution >= 0.6 is 0 Å². The van der Waals surface area contributed by atoms with Crippen LogP contribution in [-0.4, -0.2) is 13.7 Å². The third kappa shape index (κ3) is 2.80. The van der Waals surface area contributed by atoms with E-state index in [4.69, 9.17) is 4.74 Å². The second kappa shape index (κ2) is 6.75. The van der Waals surface area contributed by atoms with Gasteiger partial charge in [-0.25, -0.2) is 0 Å². The Bertz CT molecular complexity index is 556. The highest BCUT2D eigenvalue weighted by Crippen LogP contribution is 2.75. The molecule has 0 aromatic rings. The molecule has 0 aliphatic heterocycles. The number of methoxy groups -OCH3 is 1. The Morgan fingerprint density at radius 1 is 0.815 bits per heavy atom. The van der Waals surface area contributed by atoms with Gasteiger partial charge in [0.05, 0.1) is 0 Å². The monoisotopic (exact) mass is 374 g/mol. The normalized spacial score (nSPS) is 54.9. The molecule has 0 aromatic carbocycles. The molecule has 0 aromatic heterocycles. The van der Waals surface area contributed by atoms with E-state index in [9.17, 15) is 0 Å². The van der Waals surface area contributed by atoms with Gasteiger partial charge in [0.25, 0.3) is 0 Å². The Kier molecular flexibility index (Phi) is 5.06. The van der Waals surface area contributed by atoms with Gasteiger partial charge >= 0.3 is 0 Å². The van der Waals surface area contributed by atoms with Crippen molar-refractivity contribution in [1.29, 1.82) is 0 Å². The van der Waals surface area contributed by atoms with Gasteiger partial charge in [-0.2, -0.15) is 0 Å². The molecule has 0 amide bonds. The van der Waals surface area contributed by atoms with E-state index in [0.717, 1.165) is 30.3 Å². The van der Waals surface area contributed by atoms with Crippen molar-refractivity contribution < 1.29 is 4.74 Å². The lowest BCUT2D eigenvalue weighted by Gasteiger charge is -2.69. The lowest BCUT2D eigenvalue weighted by Crippen LogP contribution is -2.61. The van der Waals surface area contributed by atoms with E-state index in [0.29, 0.717) is 21.7 Å². The van der Waals surface area contributed by atoms with E-state index in [1.807, 2.05) is 7.11 Å². The summed E-state index contributed by atoms with van der Waals surface area (Å²) in [4.78, 5) is 0. The topological polar surface area (TPSA) is 9.23 Å². The lowest BCUT2D eigenvalue weighted by atomic mass is 9.35. The van der Waals surface area contributed by atoms with Gasteiger partial charge in [0.1, 0.15) is 0 Å². The summed E-state index contributed by atoms with van der Waals surface area (Å²) in [5, 5.41) is 0. The van der Waals surface area contributed by atoms with Gasteiger partial charge in [0.15, 0.2) is 0 Å². The third-order valence-corrected chi connectivity index (χ3v) is 11.3. The predicted octanol–water partition coefficient (Wildman–Crippen LogP) is 7.49. The van der Waals surface area contributed by atoms with Gasteiger partial charge in [0, 0.05) is 13.7 Å². The van der Waals surface area contributed by atoms with E-state index in [-0.39, 0.29) is 0 Å². The minimum atomic E-state index is 0.585. The van der Waals surface area contributed by atoms with E-state index in [1.54, 1.807) is 0 Å². The maximum absolute atomic E-state index is 5.37. The second-order valence-electron chi connectivity index (χ2n) is 12.4. The second-order valence-corrected chi connectivity index (χ2v) is 12.4. The molecule has 0 radical (unpaired) electrons. The van der Waals surface area contributed by atoms with Gasteiger partial charge < -0.3 is 4.74 Å². The zero-order valence-corrected chi connectivity index (χ0v) is 19.2. The molecule has 4 aliphatic rings. The predicted molar refractivity (Wildman–Crippen MR) is 115 cm³/mol. The van der Waals surface area contributed by atoms with Gasteiger partial charge in [-0.1, -0.05) is 41.0 Å². The zero-order valence-electron chi connectivity index (χ0n) is 19.2. The molecule has 0 heterocycles. The minimum absolute atomic E-state index is 0.585. The van der Waals surface area contributed by atoms with Crippen LogP contribution < -0.4 is 0 Å². The van der Waals surface area contributed by atoms with Crippen molar-refractivity contribution in [2.24, 2.45) is 45.3 Å². The third-order valence-electron chi connectivity index (χ3n) is 11.3. The lowest BCUT2D eigenvalue weighted by molar-refractivity contribution is -0.202. The van der Waals surface area contributed by atoms with Crippen molar-refractivity contribution in [3.05, 3.63) is 0 Å². The van der Waals surface area contributed by atoms with Crippen LogP contribution in [0.1, 0.15) is 105 Å². The number of fused-ring (bicyclic) bond motifs is 5. The molecule has 4 rings (SSSR count). The maximum Gasteiger partial charge on any atom is 0.0462 e. The van der Waals surface area contributed by atoms with E-state index in [1.165, 1.54) is 70.6 Å². The van der Waals surface area contributed by atoms with E-state index < -0.39 is 0 Å². The van der Waals surface area contributed by atoms with Gasteiger partial charge in [-0.15, -0.1) is 0 Å². The van der Waals surface area contributed by atoms with Crippen LogP contribution in [0.25, 0.3) is 0 Å². The van der Waals surface area contributed by atoms with Crippen LogP contribution in [0.15, 0.2) is 0 Å². The van der Waals surface area contributed by atoms with E-state index in [2.05, 4.69) is 34.6 Å². The van der Waals surface area contributed by atoms with Crippen LogP contribution in [0.2, 0.25) is 0 Å². The van der Waals surface area contributed by atoms with Crippen molar-refractivity contribution in [2.75, 3.05) is 13.7 Å². The Labute approximate surface area is 169 Å². The van der Waals surface area contributed by atoms with Crippen LogP contribution in [0.3, 0.4) is 0 Å². The van der Waals surface area contributed by atoms with Crippen molar-refractivity contribution in [1.82, 2.24) is 0 Å². The van der Waals surface area contributed by atoms with Crippen molar-refractivity contribution in [3.63, 3.8) is 0 Å². The summed E-state index contributed by atoms with van der Waals surface area (Å²) in [6.45, 7) is 14.3. The summed E-state index contributed by atoms with van der Waals surface area (Å²) in [7, 11) is 1.86. The Balaban J connectivity index is 1.60. The Morgan fingerprint density at radius 3 is 2.33 bits per heavy atom.